The maximum absolute atomic E-state index is 12.9. The normalized spacial score (nSPS) is 13.3. The molecule has 0 saturated carbocycles. The van der Waals surface area contributed by atoms with Crippen LogP contribution in [0.3, 0.4) is 0 Å². The van der Waals surface area contributed by atoms with Crippen molar-refractivity contribution in [3.8, 4) is 0 Å². The maximum Gasteiger partial charge on any atom is 0.137 e. The number of halogens is 3. The molecule has 0 aliphatic rings. The van der Waals surface area contributed by atoms with Gasteiger partial charge in [0, 0.05) is 6.54 Å². The fourth-order valence-electron chi connectivity index (χ4n) is 1.13. The molecule has 1 atom stereocenters. The van der Waals surface area contributed by atoms with Crippen LogP contribution in [0.1, 0.15) is 10.9 Å². The molecule has 1 nitrogen and oxygen atoms in total. The van der Waals surface area contributed by atoms with E-state index in [1.165, 1.54) is 6.07 Å². The van der Waals surface area contributed by atoms with E-state index in [-0.39, 0.29) is 11.2 Å². The maximum atomic E-state index is 12.9. The highest BCUT2D eigenvalue weighted by atomic mass is 79.9. The molecule has 0 aliphatic heterocycles. The molecule has 0 aliphatic carbocycles. The van der Waals surface area contributed by atoms with Crippen LogP contribution in [-0.4, -0.2) is 25.5 Å². The van der Waals surface area contributed by atoms with Gasteiger partial charge >= 0.3 is 0 Å². The highest BCUT2D eigenvalue weighted by Gasteiger charge is 2.10. The van der Waals surface area contributed by atoms with Gasteiger partial charge in [-0.05, 0) is 47.7 Å². The van der Waals surface area contributed by atoms with Crippen LogP contribution in [0.15, 0.2) is 22.7 Å². The number of likely N-dealkylation sites (N-methyl/N-ethyl adjacent to an activating group) is 1. The second-order valence-corrected chi connectivity index (χ2v) is 4.78. The lowest BCUT2D eigenvalue weighted by Crippen LogP contribution is -2.17. The molecule has 0 radical (unpaired) electrons. The van der Waals surface area contributed by atoms with E-state index >= 15 is 0 Å². The SMILES string of the molecule is CN(C)CC(Cl)c1ccc(F)c(Br)c1. The van der Waals surface area contributed by atoms with Crippen LogP contribution in [0, 0.1) is 5.82 Å². The molecule has 0 bridgehead atoms. The van der Waals surface area contributed by atoms with Gasteiger partial charge < -0.3 is 4.90 Å². The van der Waals surface area contributed by atoms with Crippen LogP contribution < -0.4 is 0 Å². The van der Waals surface area contributed by atoms with Gasteiger partial charge in [-0.15, -0.1) is 11.6 Å². The first kappa shape index (κ1) is 12.0. The monoisotopic (exact) mass is 279 g/mol. The number of nitrogens with zero attached hydrogens (tertiary/aromatic N) is 1. The number of alkyl halides is 1. The average Bonchev–Trinajstić information content (AvgIpc) is 2.08. The number of benzene rings is 1. The zero-order chi connectivity index (χ0) is 10.7. The first-order valence-corrected chi connectivity index (χ1v) is 5.47. The van der Waals surface area contributed by atoms with E-state index in [4.69, 9.17) is 11.6 Å². The zero-order valence-corrected chi connectivity index (χ0v) is 10.4. The van der Waals surface area contributed by atoms with Crippen molar-refractivity contribution in [3.63, 3.8) is 0 Å². The number of hydrogen-bond acceptors (Lipinski definition) is 1. The van der Waals surface area contributed by atoms with Crippen molar-refractivity contribution >= 4 is 27.5 Å². The molecule has 14 heavy (non-hydrogen) atoms. The van der Waals surface area contributed by atoms with E-state index in [0.717, 1.165) is 12.1 Å². The first-order valence-electron chi connectivity index (χ1n) is 4.24. The van der Waals surface area contributed by atoms with Gasteiger partial charge in [-0.1, -0.05) is 6.07 Å². The summed E-state index contributed by atoms with van der Waals surface area (Å²) in [5.74, 6) is -0.262. The fraction of sp³-hybridized carbons (Fsp3) is 0.400. The minimum absolute atomic E-state index is 0.109. The largest absolute Gasteiger partial charge is 0.308 e. The Labute approximate surface area is 97.0 Å². The molecule has 1 unspecified atom stereocenters. The molecule has 4 heteroatoms. The number of hydrogen-bond donors (Lipinski definition) is 0. The Morgan fingerprint density at radius 1 is 1.50 bits per heavy atom. The van der Waals surface area contributed by atoms with Crippen molar-refractivity contribution in [1.29, 1.82) is 0 Å². The van der Waals surface area contributed by atoms with Crippen LogP contribution in [-0.2, 0) is 0 Å². The summed E-state index contributed by atoms with van der Waals surface area (Å²) in [6.07, 6.45) is 0. The summed E-state index contributed by atoms with van der Waals surface area (Å²) in [6.45, 7) is 0.736. The molecule has 0 saturated heterocycles. The predicted octanol–water partition coefficient (Wildman–Crippen LogP) is 3.43. The molecule has 1 aromatic rings. The van der Waals surface area contributed by atoms with Gasteiger partial charge in [0.05, 0.1) is 9.85 Å². The van der Waals surface area contributed by atoms with Crippen molar-refractivity contribution < 1.29 is 4.39 Å². The van der Waals surface area contributed by atoms with E-state index in [9.17, 15) is 4.39 Å². The van der Waals surface area contributed by atoms with Gasteiger partial charge in [0.1, 0.15) is 5.82 Å². The summed E-state index contributed by atoms with van der Waals surface area (Å²) in [7, 11) is 3.90. The van der Waals surface area contributed by atoms with Gasteiger partial charge in [0.2, 0.25) is 0 Å². The molecule has 78 valence electrons. The van der Waals surface area contributed by atoms with Gasteiger partial charge in [-0.3, -0.25) is 0 Å². The van der Waals surface area contributed by atoms with Gasteiger partial charge in [-0.2, -0.15) is 0 Å². The minimum atomic E-state index is -0.262. The highest BCUT2D eigenvalue weighted by Crippen LogP contribution is 2.25. The summed E-state index contributed by atoms with van der Waals surface area (Å²) in [5.41, 5.74) is 0.925. The predicted molar refractivity (Wildman–Crippen MR) is 61.2 cm³/mol. The standard InChI is InChI=1S/C10H12BrClFN/c1-14(2)6-9(12)7-3-4-10(13)8(11)5-7/h3-5,9H,6H2,1-2H3. The Bertz CT molecular complexity index is 317. The minimum Gasteiger partial charge on any atom is -0.308 e. The Balaban J connectivity index is 2.80. The third-order valence-electron chi connectivity index (χ3n) is 1.83. The van der Waals surface area contributed by atoms with E-state index in [0.29, 0.717) is 4.47 Å². The molecule has 0 aromatic heterocycles. The van der Waals surface area contributed by atoms with Gasteiger partial charge in [0.15, 0.2) is 0 Å². The lowest BCUT2D eigenvalue weighted by atomic mass is 10.1. The smallest absolute Gasteiger partial charge is 0.137 e. The molecule has 0 N–H and O–H groups in total. The van der Waals surface area contributed by atoms with E-state index in [2.05, 4.69) is 15.9 Å². The second-order valence-electron chi connectivity index (χ2n) is 3.40. The van der Waals surface area contributed by atoms with Crippen LogP contribution in [0.2, 0.25) is 0 Å². The van der Waals surface area contributed by atoms with Crippen molar-refractivity contribution in [1.82, 2.24) is 4.90 Å². The van der Waals surface area contributed by atoms with Crippen molar-refractivity contribution in [2.45, 2.75) is 5.38 Å². The lowest BCUT2D eigenvalue weighted by molar-refractivity contribution is 0.407. The average molecular weight is 281 g/mol. The second kappa shape index (κ2) is 5.10. The topological polar surface area (TPSA) is 3.24 Å². The zero-order valence-electron chi connectivity index (χ0n) is 8.10. The molecule has 0 heterocycles. The lowest BCUT2D eigenvalue weighted by Gasteiger charge is -2.15. The molecule has 0 spiro atoms. The first-order chi connectivity index (χ1) is 6.50. The van der Waals surface area contributed by atoms with Crippen molar-refractivity contribution in [2.75, 3.05) is 20.6 Å². The summed E-state index contributed by atoms with van der Waals surface area (Å²) in [6, 6.07) is 4.85. The Morgan fingerprint density at radius 3 is 2.64 bits per heavy atom. The summed E-state index contributed by atoms with van der Waals surface area (Å²) >= 11 is 9.27. The third kappa shape index (κ3) is 3.23. The van der Waals surface area contributed by atoms with E-state index < -0.39 is 0 Å². The molecule has 0 amide bonds. The molecule has 1 aromatic carbocycles. The molecule has 0 fully saturated rings. The van der Waals surface area contributed by atoms with Crippen LogP contribution >= 0.6 is 27.5 Å². The molecule has 1 rings (SSSR count). The van der Waals surface area contributed by atoms with Crippen LogP contribution in [0.4, 0.5) is 4.39 Å². The quantitative estimate of drug-likeness (QED) is 0.767. The Hall–Kier alpha value is -0.120. The van der Waals surface area contributed by atoms with E-state index in [1.54, 1.807) is 12.1 Å². The van der Waals surface area contributed by atoms with Gasteiger partial charge in [0.25, 0.3) is 0 Å². The van der Waals surface area contributed by atoms with Crippen LogP contribution in [0.5, 0.6) is 0 Å². The van der Waals surface area contributed by atoms with E-state index in [1.807, 2.05) is 19.0 Å². The number of rotatable bonds is 3. The van der Waals surface area contributed by atoms with Crippen molar-refractivity contribution in [2.24, 2.45) is 0 Å². The van der Waals surface area contributed by atoms with Crippen LogP contribution in [0.25, 0.3) is 0 Å². The summed E-state index contributed by atoms with van der Waals surface area (Å²) in [4.78, 5) is 1.99. The molecular weight excluding hydrogens is 268 g/mol. The van der Waals surface area contributed by atoms with Gasteiger partial charge in [-0.25, -0.2) is 4.39 Å². The fourth-order valence-corrected chi connectivity index (χ4v) is 1.94. The Morgan fingerprint density at radius 2 is 2.14 bits per heavy atom. The van der Waals surface area contributed by atoms with Crippen molar-refractivity contribution in [3.05, 3.63) is 34.1 Å². The molecular formula is C10H12BrClFN. The summed E-state index contributed by atoms with van der Waals surface area (Å²) < 4.78 is 13.4. The highest BCUT2D eigenvalue weighted by molar-refractivity contribution is 9.10. The third-order valence-corrected chi connectivity index (χ3v) is 2.83. The summed E-state index contributed by atoms with van der Waals surface area (Å²) in [5, 5.41) is -0.109. The Kier molecular flexibility index (Phi) is 4.35.